The molecule has 0 radical (unpaired) electrons. The summed E-state index contributed by atoms with van der Waals surface area (Å²) >= 11 is 8.75. The third kappa shape index (κ3) is 7.01. The average molecular weight is 781 g/mol. The summed E-state index contributed by atoms with van der Waals surface area (Å²) in [6.07, 6.45) is 5.87. The van der Waals surface area contributed by atoms with Crippen LogP contribution in [-0.2, 0) is 16.2 Å². The molecule has 2 fully saturated rings. The Bertz CT molecular complexity index is 1140. The van der Waals surface area contributed by atoms with Gasteiger partial charge < -0.3 is 9.64 Å². The van der Waals surface area contributed by atoms with Crippen LogP contribution in [0.15, 0.2) is 45.8 Å². The van der Waals surface area contributed by atoms with Gasteiger partial charge in [-0.1, -0.05) is 40.9 Å². The first kappa shape index (κ1) is 26.9. The van der Waals surface area contributed by atoms with Crippen LogP contribution in [0, 0.1) is 7.14 Å². The second kappa shape index (κ2) is 12.4. The number of rotatable bonds is 6. The highest BCUT2D eigenvalue weighted by Crippen LogP contribution is 2.35. The molecule has 6 nitrogen and oxygen atoms in total. The van der Waals surface area contributed by atoms with E-state index in [0.717, 1.165) is 70.8 Å². The largest absolute Gasteiger partial charge is 0.487 e. The number of ether oxygens (including phenoxy) is 1. The zero-order valence-corrected chi connectivity index (χ0v) is 25.5. The molecule has 2 aliphatic heterocycles. The molecule has 4 rings (SSSR count). The molecule has 2 aliphatic rings. The van der Waals surface area contributed by atoms with Crippen molar-refractivity contribution in [1.82, 2.24) is 9.80 Å². The van der Waals surface area contributed by atoms with Crippen molar-refractivity contribution in [1.29, 1.82) is 0 Å². The molecule has 35 heavy (non-hydrogen) atoms. The number of thioether (sulfide) groups is 1. The Balaban J connectivity index is 1.44. The molecule has 0 aromatic heterocycles. The van der Waals surface area contributed by atoms with Crippen molar-refractivity contribution < 1.29 is 19.1 Å². The Morgan fingerprint density at radius 2 is 1.66 bits per heavy atom. The summed E-state index contributed by atoms with van der Waals surface area (Å²) in [6, 6.07) is 11.8. The zero-order valence-electron chi connectivity index (χ0n) is 18.8. The fourth-order valence-corrected chi connectivity index (χ4v) is 7.11. The van der Waals surface area contributed by atoms with Crippen LogP contribution in [0.4, 0.5) is 4.79 Å². The lowest BCUT2D eigenvalue weighted by Crippen LogP contribution is -2.42. The fourth-order valence-electron chi connectivity index (χ4n) is 3.88. The van der Waals surface area contributed by atoms with E-state index < -0.39 is 11.1 Å². The SMILES string of the molecule is O=C(CN1C(=O)SC(=Cc2cc(I)c(OCc3ccc(Br)cc3)c(I)c2)C1=O)N1CCCCCC1. The standard InChI is InChI=1S/C25H23BrI2N2O4S/c26-18-7-5-16(6-8-18)15-34-23-19(27)11-17(12-20(23)28)13-21-24(32)30(25(33)35-21)14-22(31)29-9-3-1-2-4-10-29/h5-8,11-13H,1-4,9-10,14-15H2. The molecule has 2 aromatic carbocycles. The van der Waals surface area contributed by atoms with E-state index in [2.05, 4.69) is 61.1 Å². The van der Waals surface area contributed by atoms with Crippen LogP contribution in [0.1, 0.15) is 36.8 Å². The topological polar surface area (TPSA) is 66.9 Å². The molecule has 0 bridgehead atoms. The maximum atomic E-state index is 12.9. The fraction of sp³-hybridized carbons (Fsp3) is 0.320. The Kier molecular flexibility index (Phi) is 9.55. The van der Waals surface area contributed by atoms with Crippen LogP contribution in [0.3, 0.4) is 0 Å². The van der Waals surface area contributed by atoms with Gasteiger partial charge in [0, 0.05) is 17.6 Å². The summed E-state index contributed by atoms with van der Waals surface area (Å²) in [4.78, 5) is 41.3. The number of amides is 3. The van der Waals surface area contributed by atoms with Gasteiger partial charge in [-0.05, 0) is 111 Å². The minimum absolute atomic E-state index is 0.160. The number of halogens is 3. The first-order valence-electron chi connectivity index (χ1n) is 11.2. The van der Waals surface area contributed by atoms with Gasteiger partial charge in [-0.2, -0.15) is 0 Å². The van der Waals surface area contributed by atoms with Gasteiger partial charge >= 0.3 is 0 Å². The Morgan fingerprint density at radius 3 is 2.29 bits per heavy atom. The number of carbonyl (C=O) groups is 3. The number of hydrogen-bond acceptors (Lipinski definition) is 5. The van der Waals surface area contributed by atoms with Gasteiger partial charge in [0.2, 0.25) is 5.91 Å². The van der Waals surface area contributed by atoms with E-state index in [1.54, 1.807) is 11.0 Å². The molecule has 0 saturated carbocycles. The smallest absolute Gasteiger partial charge is 0.294 e. The van der Waals surface area contributed by atoms with E-state index >= 15 is 0 Å². The molecule has 10 heteroatoms. The number of likely N-dealkylation sites (tertiary alicyclic amines) is 1. The molecule has 0 spiro atoms. The van der Waals surface area contributed by atoms with Crippen LogP contribution in [0.5, 0.6) is 5.75 Å². The van der Waals surface area contributed by atoms with E-state index in [1.165, 1.54) is 0 Å². The van der Waals surface area contributed by atoms with Crippen molar-refractivity contribution in [2.24, 2.45) is 0 Å². The van der Waals surface area contributed by atoms with E-state index in [0.29, 0.717) is 24.6 Å². The maximum absolute atomic E-state index is 12.9. The summed E-state index contributed by atoms with van der Waals surface area (Å²) in [5, 5.41) is -0.400. The highest BCUT2D eigenvalue weighted by Gasteiger charge is 2.37. The lowest BCUT2D eigenvalue weighted by Gasteiger charge is -2.22. The normalized spacial score (nSPS) is 17.7. The summed E-state index contributed by atoms with van der Waals surface area (Å²) in [6.45, 7) is 1.64. The van der Waals surface area contributed by atoms with Gasteiger partial charge in [0.25, 0.3) is 11.1 Å². The lowest BCUT2D eigenvalue weighted by molar-refractivity contribution is -0.135. The molecular formula is C25H23BrI2N2O4S. The Morgan fingerprint density at radius 1 is 1.03 bits per heavy atom. The number of nitrogens with zero attached hydrogens (tertiary/aromatic N) is 2. The average Bonchev–Trinajstić information content (AvgIpc) is 3.01. The molecular weight excluding hydrogens is 758 g/mol. The highest BCUT2D eigenvalue weighted by atomic mass is 127. The minimum atomic E-state index is -0.413. The summed E-state index contributed by atoms with van der Waals surface area (Å²) in [5.74, 6) is 0.206. The van der Waals surface area contributed by atoms with Crippen LogP contribution in [-0.4, -0.2) is 46.5 Å². The minimum Gasteiger partial charge on any atom is -0.487 e. The summed E-state index contributed by atoms with van der Waals surface area (Å²) < 4.78 is 8.90. The first-order valence-corrected chi connectivity index (χ1v) is 15.0. The van der Waals surface area contributed by atoms with Crippen molar-refractivity contribution in [3.63, 3.8) is 0 Å². The molecule has 2 saturated heterocycles. The number of benzene rings is 2. The van der Waals surface area contributed by atoms with Crippen LogP contribution in [0.2, 0.25) is 0 Å². The van der Waals surface area contributed by atoms with Gasteiger partial charge in [0.15, 0.2) is 0 Å². The third-order valence-corrected chi connectivity index (χ3v) is 8.78. The molecule has 2 aromatic rings. The molecule has 0 unspecified atom stereocenters. The number of hydrogen-bond donors (Lipinski definition) is 0. The van der Waals surface area contributed by atoms with Gasteiger partial charge in [-0.25, -0.2) is 0 Å². The maximum Gasteiger partial charge on any atom is 0.294 e. The Hall–Kier alpha value is -1.12. The number of imide groups is 1. The monoisotopic (exact) mass is 780 g/mol. The van der Waals surface area contributed by atoms with Gasteiger partial charge in [0.1, 0.15) is 18.9 Å². The van der Waals surface area contributed by atoms with Gasteiger partial charge in [-0.3, -0.25) is 19.3 Å². The van der Waals surface area contributed by atoms with Gasteiger partial charge in [0.05, 0.1) is 12.0 Å². The second-order valence-electron chi connectivity index (χ2n) is 8.29. The van der Waals surface area contributed by atoms with Crippen molar-refractivity contribution in [3.8, 4) is 5.75 Å². The zero-order chi connectivity index (χ0) is 24.9. The highest BCUT2D eigenvalue weighted by molar-refractivity contribution is 14.1. The molecule has 0 aliphatic carbocycles. The summed E-state index contributed by atoms with van der Waals surface area (Å²) in [5.41, 5.74) is 1.87. The first-order chi connectivity index (χ1) is 16.8. The van der Waals surface area contributed by atoms with Crippen molar-refractivity contribution in [2.45, 2.75) is 32.3 Å². The van der Waals surface area contributed by atoms with E-state index in [-0.39, 0.29) is 12.5 Å². The van der Waals surface area contributed by atoms with Crippen LogP contribution < -0.4 is 4.74 Å². The predicted octanol–water partition coefficient (Wildman–Crippen LogP) is 6.68. The van der Waals surface area contributed by atoms with Crippen molar-refractivity contribution in [2.75, 3.05) is 19.6 Å². The molecule has 184 valence electrons. The van der Waals surface area contributed by atoms with Crippen LogP contribution in [0.25, 0.3) is 6.08 Å². The second-order valence-corrected chi connectivity index (χ2v) is 12.5. The van der Waals surface area contributed by atoms with E-state index in [4.69, 9.17) is 4.74 Å². The molecule has 0 atom stereocenters. The van der Waals surface area contributed by atoms with E-state index in [9.17, 15) is 14.4 Å². The van der Waals surface area contributed by atoms with Crippen molar-refractivity contribution >= 4 is 96.0 Å². The predicted molar refractivity (Wildman–Crippen MR) is 158 cm³/mol. The molecule has 0 N–H and O–H groups in total. The quantitative estimate of drug-likeness (QED) is 0.242. The third-order valence-electron chi connectivity index (χ3n) is 5.74. The van der Waals surface area contributed by atoms with E-state index in [1.807, 2.05) is 36.4 Å². The molecule has 2 heterocycles. The number of carbonyl (C=O) groups excluding carboxylic acids is 3. The Labute approximate surface area is 244 Å². The van der Waals surface area contributed by atoms with Crippen molar-refractivity contribution in [3.05, 3.63) is 64.0 Å². The lowest BCUT2D eigenvalue weighted by atomic mass is 10.2. The molecule has 3 amide bonds. The van der Waals surface area contributed by atoms with Crippen LogP contribution >= 0.6 is 72.9 Å². The van der Waals surface area contributed by atoms with Gasteiger partial charge in [-0.15, -0.1) is 0 Å². The summed E-state index contributed by atoms with van der Waals surface area (Å²) in [7, 11) is 0.